The average molecular weight is 475 g/mol. The molecule has 0 saturated carbocycles. The molecule has 26 heavy (non-hydrogen) atoms. The highest BCUT2D eigenvalue weighted by Gasteiger charge is 2.44. The summed E-state index contributed by atoms with van der Waals surface area (Å²) in [5, 5.41) is 4.51. The van der Waals surface area contributed by atoms with Crippen LogP contribution in [0.25, 0.3) is 0 Å². The van der Waals surface area contributed by atoms with Crippen molar-refractivity contribution >= 4 is 47.2 Å². The fraction of sp³-hybridized carbons (Fsp3) is 0.250. The molecular formula is C24H29IP+. The number of rotatable bonds is 8. The SMILES string of the molecule is CCCCCC[P+](c1ccccc1)(c1ccccc1)c1ccccc1.I. The summed E-state index contributed by atoms with van der Waals surface area (Å²) in [4.78, 5) is 0. The van der Waals surface area contributed by atoms with Crippen LogP contribution in [0.15, 0.2) is 91.0 Å². The predicted molar refractivity (Wildman–Crippen MR) is 130 cm³/mol. The van der Waals surface area contributed by atoms with Gasteiger partial charge in [0.05, 0.1) is 6.16 Å². The van der Waals surface area contributed by atoms with Crippen LogP contribution in [0.4, 0.5) is 0 Å². The number of halogens is 1. The van der Waals surface area contributed by atoms with Gasteiger partial charge in [0.1, 0.15) is 23.2 Å². The Balaban J connectivity index is 0.00000243. The maximum atomic E-state index is 2.34. The highest BCUT2D eigenvalue weighted by Crippen LogP contribution is 2.55. The van der Waals surface area contributed by atoms with Gasteiger partial charge in [-0.3, -0.25) is 0 Å². The summed E-state index contributed by atoms with van der Waals surface area (Å²) in [6.07, 6.45) is 6.49. The minimum absolute atomic E-state index is 0. The molecule has 0 N–H and O–H groups in total. The highest BCUT2D eigenvalue weighted by atomic mass is 127. The number of hydrogen-bond acceptors (Lipinski definition) is 0. The molecule has 3 rings (SSSR count). The normalized spacial score (nSPS) is 11.0. The molecule has 0 atom stereocenters. The molecule has 136 valence electrons. The summed E-state index contributed by atoms with van der Waals surface area (Å²) in [6, 6.07) is 33.6. The molecule has 0 aliphatic rings. The quantitative estimate of drug-likeness (QED) is 0.207. The Kier molecular flexibility index (Phi) is 8.81. The first kappa shape index (κ1) is 21.1. The maximum Gasteiger partial charge on any atom is 0.112 e. The number of benzene rings is 3. The first-order valence-corrected chi connectivity index (χ1v) is 11.4. The summed E-state index contributed by atoms with van der Waals surface area (Å²) in [5.41, 5.74) is 0. The van der Waals surface area contributed by atoms with E-state index in [1.165, 1.54) is 47.8 Å². The highest BCUT2D eigenvalue weighted by molar-refractivity contribution is 14.0. The van der Waals surface area contributed by atoms with Crippen molar-refractivity contribution in [1.82, 2.24) is 0 Å². The van der Waals surface area contributed by atoms with Crippen molar-refractivity contribution in [2.24, 2.45) is 0 Å². The van der Waals surface area contributed by atoms with E-state index < -0.39 is 7.26 Å². The van der Waals surface area contributed by atoms with Gasteiger partial charge in [0, 0.05) is 0 Å². The largest absolute Gasteiger partial charge is 0.112 e. The zero-order chi connectivity index (χ0) is 17.4. The van der Waals surface area contributed by atoms with Gasteiger partial charge in [-0.25, -0.2) is 0 Å². The lowest BCUT2D eigenvalue weighted by molar-refractivity contribution is 0.705. The summed E-state index contributed by atoms with van der Waals surface area (Å²) >= 11 is 0. The Morgan fingerprint density at radius 3 is 1.27 bits per heavy atom. The van der Waals surface area contributed by atoms with Crippen LogP contribution < -0.4 is 15.9 Å². The van der Waals surface area contributed by atoms with Gasteiger partial charge in [-0.05, 0) is 49.2 Å². The molecule has 0 spiro atoms. The van der Waals surface area contributed by atoms with E-state index >= 15 is 0 Å². The maximum absolute atomic E-state index is 2.34. The molecule has 2 heteroatoms. The molecule has 0 radical (unpaired) electrons. The van der Waals surface area contributed by atoms with Crippen LogP contribution in [0.3, 0.4) is 0 Å². The summed E-state index contributed by atoms with van der Waals surface area (Å²) in [7, 11) is -1.59. The van der Waals surface area contributed by atoms with Crippen LogP contribution >= 0.6 is 31.2 Å². The van der Waals surface area contributed by atoms with E-state index in [4.69, 9.17) is 0 Å². The summed E-state index contributed by atoms with van der Waals surface area (Å²) in [5.74, 6) is 0. The van der Waals surface area contributed by atoms with Gasteiger partial charge in [-0.15, -0.1) is 24.0 Å². The molecule has 0 saturated heterocycles. The van der Waals surface area contributed by atoms with E-state index in [0.29, 0.717) is 0 Å². The van der Waals surface area contributed by atoms with Crippen molar-refractivity contribution < 1.29 is 0 Å². The second-order valence-corrected chi connectivity index (χ2v) is 10.2. The van der Waals surface area contributed by atoms with Crippen LogP contribution in [0.5, 0.6) is 0 Å². The fourth-order valence-corrected chi connectivity index (χ4v) is 8.07. The fourth-order valence-electron chi connectivity index (χ4n) is 3.66. The molecule has 0 amide bonds. The van der Waals surface area contributed by atoms with E-state index in [1.54, 1.807) is 0 Å². The topological polar surface area (TPSA) is 0 Å². The van der Waals surface area contributed by atoms with Crippen LogP contribution in [-0.4, -0.2) is 6.16 Å². The standard InChI is InChI=1S/C24H28P.HI/c1-2-3-4-14-21-25(22-15-8-5-9-16-22,23-17-10-6-11-18-23)24-19-12-7-13-20-24;/h5-13,15-20H,2-4,14,21H2,1H3;1H/q+1;. The molecule has 0 bridgehead atoms. The molecular weight excluding hydrogens is 446 g/mol. The van der Waals surface area contributed by atoms with Gasteiger partial charge < -0.3 is 0 Å². The molecule has 3 aromatic rings. The van der Waals surface area contributed by atoms with E-state index in [1.807, 2.05) is 0 Å². The van der Waals surface area contributed by atoms with Crippen LogP contribution in [0.2, 0.25) is 0 Å². The van der Waals surface area contributed by atoms with Crippen molar-refractivity contribution in [3.63, 3.8) is 0 Å². The lowest BCUT2D eigenvalue weighted by Crippen LogP contribution is -2.33. The molecule has 0 aliphatic carbocycles. The van der Waals surface area contributed by atoms with E-state index in [-0.39, 0.29) is 24.0 Å². The van der Waals surface area contributed by atoms with E-state index in [0.717, 1.165) is 0 Å². The smallest absolute Gasteiger partial charge is 0.107 e. The molecule has 0 heterocycles. The summed E-state index contributed by atoms with van der Waals surface area (Å²) < 4.78 is 0. The molecule has 3 aromatic carbocycles. The zero-order valence-corrected chi connectivity index (χ0v) is 18.8. The monoisotopic (exact) mass is 475 g/mol. The molecule has 0 unspecified atom stereocenters. The van der Waals surface area contributed by atoms with Crippen molar-refractivity contribution in [1.29, 1.82) is 0 Å². The van der Waals surface area contributed by atoms with Crippen molar-refractivity contribution in [2.75, 3.05) is 6.16 Å². The van der Waals surface area contributed by atoms with E-state index in [9.17, 15) is 0 Å². The van der Waals surface area contributed by atoms with E-state index in [2.05, 4.69) is 97.9 Å². The Labute approximate surface area is 176 Å². The Morgan fingerprint density at radius 1 is 0.538 bits per heavy atom. The predicted octanol–water partition coefficient (Wildman–Crippen LogP) is 6.18. The third kappa shape index (κ3) is 4.75. The molecule has 0 aliphatic heterocycles. The lowest BCUT2D eigenvalue weighted by Gasteiger charge is -2.27. The van der Waals surface area contributed by atoms with Gasteiger partial charge in [0.25, 0.3) is 0 Å². The third-order valence-corrected chi connectivity index (χ3v) is 9.46. The van der Waals surface area contributed by atoms with Gasteiger partial charge in [0.2, 0.25) is 0 Å². The molecule has 0 nitrogen and oxygen atoms in total. The lowest BCUT2D eigenvalue weighted by atomic mass is 10.2. The van der Waals surface area contributed by atoms with Gasteiger partial charge in [-0.1, -0.05) is 74.4 Å². The number of hydrogen-bond donors (Lipinski definition) is 0. The van der Waals surface area contributed by atoms with Gasteiger partial charge >= 0.3 is 0 Å². The van der Waals surface area contributed by atoms with Gasteiger partial charge in [0.15, 0.2) is 0 Å². The zero-order valence-electron chi connectivity index (χ0n) is 15.6. The average Bonchev–Trinajstić information content (AvgIpc) is 2.70. The first-order valence-electron chi connectivity index (χ1n) is 9.43. The third-order valence-electron chi connectivity index (χ3n) is 4.94. The number of unbranched alkanes of at least 4 members (excludes halogenated alkanes) is 3. The van der Waals surface area contributed by atoms with Crippen molar-refractivity contribution in [2.45, 2.75) is 32.6 Å². The van der Waals surface area contributed by atoms with Crippen molar-refractivity contribution in [3.05, 3.63) is 91.0 Å². The second-order valence-electron chi connectivity index (χ2n) is 6.60. The Morgan fingerprint density at radius 2 is 0.923 bits per heavy atom. The second kappa shape index (κ2) is 10.8. The molecule has 0 fully saturated rings. The Hall–Kier alpha value is -1.18. The summed E-state index contributed by atoms with van der Waals surface area (Å²) in [6.45, 7) is 2.29. The Bertz CT molecular complexity index is 644. The minimum Gasteiger partial charge on any atom is -0.107 e. The minimum atomic E-state index is -1.59. The van der Waals surface area contributed by atoms with Crippen LogP contribution in [0, 0.1) is 0 Å². The molecule has 0 aromatic heterocycles. The van der Waals surface area contributed by atoms with Gasteiger partial charge in [-0.2, -0.15) is 0 Å². The van der Waals surface area contributed by atoms with Crippen LogP contribution in [0.1, 0.15) is 32.6 Å². The van der Waals surface area contributed by atoms with Crippen LogP contribution in [-0.2, 0) is 0 Å². The first-order chi connectivity index (χ1) is 12.4. The van der Waals surface area contributed by atoms with Crippen molar-refractivity contribution in [3.8, 4) is 0 Å².